The van der Waals surface area contributed by atoms with Gasteiger partial charge in [0.25, 0.3) is 0 Å². The molecule has 2 unspecified atom stereocenters. The lowest BCUT2D eigenvalue weighted by Crippen LogP contribution is -2.52. The van der Waals surface area contributed by atoms with E-state index in [1.165, 1.54) is 0 Å². The molecule has 0 radical (unpaired) electrons. The van der Waals surface area contributed by atoms with Gasteiger partial charge in [0.1, 0.15) is 5.54 Å². The molecule has 4 nitrogen and oxygen atoms in total. The zero-order valence-corrected chi connectivity index (χ0v) is 10.5. The van der Waals surface area contributed by atoms with E-state index in [0.717, 1.165) is 13.1 Å². The van der Waals surface area contributed by atoms with Crippen LogP contribution in [0.15, 0.2) is 0 Å². The number of carboxylic acids is 1. The number of carbonyl (C=O) groups is 1. The van der Waals surface area contributed by atoms with Crippen molar-refractivity contribution in [1.29, 1.82) is 0 Å². The molecule has 2 atom stereocenters. The average molecular weight is 216 g/mol. The summed E-state index contributed by atoms with van der Waals surface area (Å²) in [5.41, 5.74) is -0.831. The molecule has 0 aromatic rings. The van der Waals surface area contributed by atoms with Crippen LogP contribution in [0.4, 0.5) is 0 Å². The molecule has 15 heavy (non-hydrogen) atoms. The molecule has 0 aliphatic carbocycles. The minimum atomic E-state index is -0.831. The maximum Gasteiger partial charge on any atom is 0.323 e. The molecule has 2 N–H and O–H groups in total. The van der Waals surface area contributed by atoms with Crippen molar-refractivity contribution in [3.63, 3.8) is 0 Å². The zero-order chi connectivity index (χ0) is 12.1. The Labute approximate surface area is 92.7 Å². The van der Waals surface area contributed by atoms with E-state index in [1.54, 1.807) is 14.0 Å². The zero-order valence-electron chi connectivity index (χ0n) is 10.5. The van der Waals surface area contributed by atoms with E-state index in [9.17, 15) is 4.79 Å². The predicted octanol–water partition coefficient (Wildman–Crippen LogP) is 1.17. The van der Waals surface area contributed by atoms with Crippen molar-refractivity contribution in [3.05, 3.63) is 0 Å². The molecule has 4 heteroatoms. The number of aliphatic carboxylic acids is 1. The van der Waals surface area contributed by atoms with Crippen molar-refractivity contribution in [2.24, 2.45) is 0 Å². The first-order valence-electron chi connectivity index (χ1n) is 5.57. The second-order valence-corrected chi connectivity index (χ2v) is 4.16. The van der Waals surface area contributed by atoms with Gasteiger partial charge in [-0.1, -0.05) is 13.8 Å². The summed E-state index contributed by atoms with van der Waals surface area (Å²) in [4.78, 5) is 13.4. The lowest BCUT2D eigenvalue weighted by Gasteiger charge is -2.33. The molecule has 0 aliphatic heterocycles. The summed E-state index contributed by atoms with van der Waals surface area (Å²) >= 11 is 0. The molecule has 0 spiro atoms. The van der Waals surface area contributed by atoms with Crippen LogP contribution in [-0.4, -0.2) is 47.7 Å². The molecule has 0 heterocycles. The molecule has 0 amide bonds. The normalized spacial score (nSPS) is 17.5. The summed E-state index contributed by atoms with van der Waals surface area (Å²) in [6.45, 7) is 9.91. The van der Waals surface area contributed by atoms with E-state index in [-0.39, 0.29) is 6.04 Å². The molecule has 0 rings (SSSR count). The Kier molecular flexibility index (Phi) is 5.83. The maximum atomic E-state index is 11.1. The second-order valence-electron chi connectivity index (χ2n) is 4.16. The van der Waals surface area contributed by atoms with Gasteiger partial charge in [0.05, 0.1) is 0 Å². The first kappa shape index (κ1) is 14.4. The fraction of sp³-hybridized carbons (Fsp3) is 0.909. The highest BCUT2D eigenvalue weighted by atomic mass is 16.4. The van der Waals surface area contributed by atoms with Crippen LogP contribution in [0.25, 0.3) is 0 Å². The summed E-state index contributed by atoms with van der Waals surface area (Å²) in [7, 11) is 1.70. The molecule has 0 aromatic carbocycles. The number of hydrogen-bond acceptors (Lipinski definition) is 3. The number of nitrogens with one attached hydrogen (secondary N) is 1. The van der Waals surface area contributed by atoms with Crippen molar-refractivity contribution >= 4 is 5.97 Å². The first-order valence-corrected chi connectivity index (χ1v) is 5.57. The standard InChI is InChI=1S/C11H24N2O2/c1-6-13(7-2)9(3)8-11(4,12-5)10(14)15/h9,12H,6-8H2,1-5H3,(H,14,15). The fourth-order valence-electron chi connectivity index (χ4n) is 1.86. The topological polar surface area (TPSA) is 52.6 Å². The number of carboxylic acid groups (broad SMARTS) is 1. The van der Waals surface area contributed by atoms with E-state index in [1.807, 2.05) is 0 Å². The monoisotopic (exact) mass is 216 g/mol. The van der Waals surface area contributed by atoms with Crippen LogP contribution in [-0.2, 0) is 4.79 Å². The first-order chi connectivity index (χ1) is 6.91. The lowest BCUT2D eigenvalue weighted by atomic mass is 9.93. The van der Waals surface area contributed by atoms with Crippen molar-refractivity contribution in [3.8, 4) is 0 Å². The molecule has 0 saturated carbocycles. The fourth-order valence-corrected chi connectivity index (χ4v) is 1.86. The van der Waals surface area contributed by atoms with E-state index >= 15 is 0 Å². The van der Waals surface area contributed by atoms with Crippen LogP contribution >= 0.6 is 0 Å². The third kappa shape index (κ3) is 3.80. The Morgan fingerprint density at radius 3 is 2.20 bits per heavy atom. The van der Waals surface area contributed by atoms with Crippen molar-refractivity contribution in [1.82, 2.24) is 10.2 Å². The van der Waals surface area contributed by atoms with Crippen molar-refractivity contribution < 1.29 is 9.90 Å². The second kappa shape index (κ2) is 6.08. The van der Waals surface area contributed by atoms with Gasteiger partial charge in [-0.05, 0) is 40.4 Å². The van der Waals surface area contributed by atoms with Gasteiger partial charge in [-0.25, -0.2) is 0 Å². The van der Waals surface area contributed by atoms with Crippen LogP contribution in [0, 0.1) is 0 Å². The van der Waals surface area contributed by atoms with Gasteiger partial charge in [0.15, 0.2) is 0 Å². The highest BCUT2D eigenvalue weighted by Crippen LogP contribution is 2.16. The Morgan fingerprint density at radius 2 is 1.93 bits per heavy atom. The lowest BCUT2D eigenvalue weighted by molar-refractivity contribution is -0.144. The highest BCUT2D eigenvalue weighted by Gasteiger charge is 2.33. The summed E-state index contributed by atoms with van der Waals surface area (Å²) in [5, 5.41) is 12.0. The Bertz CT molecular complexity index is 205. The van der Waals surface area contributed by atoms with E-state index in [0.29, 0.717) is 6.42 Å². The van der Waals surface area contributed by atoms with Gasteiger partial charge >= 0.3 is 5.97 Å². The Balaban J connectivity index is 4.48. The van der Waals surface area contributed by atoms with E-state index < -0.39 is 11.5 Å². The molecule has 0 fully saturated rings. The van der Waals surface area contributed by atoms with Gasteiger partial charge in [0, 0.05) is 6.04 Å². The summed E-state index contributed by atoms with van der Waals surface area (Å²) < 4.78 is 0. The van der Waals surface area contributed by atoms with Gasteiger partial charge in [-0.2, -0.15) is 0 Å². The number of hydrogen-bond donors (Lipinski definition) is 2. The van der Waals surface area contributed by atoms with Gasteiger partial charge in [-0.3, -0.25) is 4.79 Å². The van der Waals surface area contributed by atoms with Crippen LogP contribution in [0.5, 0.6) is 0 Å². The van der Waals surface area contributed by atoms with Gasteiger partial charge in [0.2, 0.25) is 0 Å². The number of likely N-dealkylation sites (N-methyl/N-ethyl adjacent to an activating group) is 1. The molecule has 90 valence electrons. The molecule has 0 bridgehead atoms. The number of nitrogens with zero attached hydrogens (tertiary/aromatic N) is 1. The molecule has 0 aliphatic rings. The predicted molar refractivity (Wildman–Crippen MR) is 62.1 cm³/mol. The minimum absolute atomic E-state index is 0.272. The Hall–Kier alpha value is -0.610. The van der Waals surface area contributed by atoms with Crippen LogP contribution < -0.4 is 5.32 Å². The molecule has 0 saturated heterocycles. The Morgan fingerprint density at radius 1 is 1.47 bits per heavy atom. The summed E-state index contributed by atoms with van der Waals surface area (Å²) in [6, 6.07) is 0.272. The van der Waals surface area contributed by atoms with Crippen LogP contribution in [0.1, 0.15) is 34.1 Å². The smallest absolute Gasteiger partial charge is 0.323 e. The van der Waals surface area contributed by atoms with Gasteiger partial charge in [-0.15, -0.1) is 0 Å². The largest absolute Gasteiger partial charge is 0.480 e. The third-order valence-electron chi connectivity index (χ3n) is 3.16. The highest BCUT2D eigenvalue weighted by molar-refractivity contribution is 5.78. The quantitative estimate of drug-likeness (QED) is 0.671. The van der Waals surface area contributed by atoms with Crippen LogP contribution in [0.3, 0.4) is 0 Å². The average Bonchev–Trinajstić information content (AvgIpc) is 2.19. The van der Waals surface area contributed by atoms with Crippen molar-refractivity contribution in [2.45, 2.75) is 45.7 Å². The van der Waals surface area contributed by atoms with Gasteiger partial charge < -0.3 is 15.3 Å². The maximum absolute atomic E-state index is 11.1. The van der Waals surface area contributed by atoms with Crippen LogP contribution in [0.2, 0.25) is 0 Å². The van der Waals surface area contributed by atoms with E-state index in [2.05, 4.69) is 31.0 Å². The molecular weight excluding hydrogens is 192 g/mol. The summed E-state index contributed by atoms with van der Waals surface area (Å²) in [6.07, 6.45) is 0.612. The molecular formula is C11H24N2O2. The molecule has 0 aromatic heterocycles. The van der Waals surface area contributed by atoms with Crippen molar-refractivity contribution in [2.75, 3.05) is 20.1 Å². The summed E-state index contributed by atoms with van der Waals surface area (Å²) in [5.74, 6) is -0.788. The SMILES string of the molecule is CCN(CC)C(C)CC(C)(NC)C(=O)O. The minimum Gasteiger partial charge on any atom is -0.480 e. The van der Waals surface area contributed by atoms with E-state index in [4.69, 9.17) is 5.11 Å². The third-order valence-corrected chi connectivity index (χ3v) is 3.16. The number of rotatable bonds is 7.